The molecule has 1 aromatic carbocycles. The van der Waals surface area contributed by atoms with Gasteiger partial charge < -0.3 is 9.88 Å². The number of carbonyl (C=O) groups excluding carboxylic acids is 1. The summed E-state index contributed by atoms with van der Waals surface area (Å²) >= 11 is 0. The smallest absolute Gasteiger partial charge is 0.274 e. The molecule has 7 heteroatoms. The van der Waals surface area contributed by atoms with Crippen molar-refractivity contribution in [1.82, 2.24) is 24.7 Å². The minimum Gasteiger partial charge on any atom is -0.321 e. The second-order valence-electron chi connectivity index (χ2n) is 7.75. The first kappa shape index (κ1) is 19.1. The molecule has 5 rings (SSSR count). The van der Waals surface area contributed by atoms with E-state index in [0.717, 1.165) is 41.1 Å². The third-order valence-corrected chi connectivity index (χ3v) is 5.73. The van der Waals surface area contributed by atoms with Crippen molar-refractivity contribution in [3.05, 3.63) is 78.6 Å². The van der Waals surface area contributed by atoms with Crippen LogP contribution < -0.4 is 5.32 Å². The topological polar surface area (TPSA) is 85.6 Å². The molecule has 0 aliphatic heterocycles. The molecular weight excluding hydrogens is 388 g/mol. The van der Waals surface area contributed by atoms with Gasteiger partial charge in [0.25, 0.3) is 5.91 Å². The summed E-state index contributed by atoms with van der Waals surface area (Å²) in [6, 6.07) is 15.7. The van der Waals surface area contributed by atoms with Crippen LogP contribution in [0.25, 0.3) is 22.5 Å². The summed E-state index contributed by atoms with van der Waals surface area (Å²) in [5.41, 5.74) is 4.77. The van der Waals surface area contributed by atoms with Crippen molar-refractivity contribution in [2.24, 2.45) is 0 Å². The molecule has 1 saturated carbocycles. The van der Waals surface area contributed by atoms with E-state index >= 15 is 0 Å². The number of hydrogen-bond acceptors (Lipinski definition) is 5. The zero-order chi connectivity index (χ0) is 21.2. The standard InChI is InChI=1S/C24H22N6O/c1-16-21(9-4-11-25-16)17-10-12-26-22(14-17)24(31)28-19-6-2-5-18(13-19)23-29-27-15-30(23)20-7-3-8-20/h2,4-6,9-15,20H,3,7-8H2,1H3,(H,28,31). The lowest BCUT2D eigenvalue weighted by atomic mass is 9.92. The Labute approximate surface area is 180 Å². The largest absolute Gasteiger partial charge is 0.321 e. The van der Waals surface area contributed by atoms with Crippen LogP contribution in [-0.2, 0) is 0 Å². The molecule has 1 fully saturated rings. The van der Waals surface area contributed by atoms with Crippen LogP contribution in [0.15, 0.2) is 67.3 Å². The van der Waals surface area contributed by atoms with Crippen molar-refractivity contribution in [2.75, 3.05) is 5.32 Å². The maximum absolute atomic E-state index is 12.9. The predicted molar refractivity (Wildman–Crippen MR) is 119 cm³/mol. The van der Waals surface area contributed by atoms with Crippen LogP contribution in [-0.4, -0.2) is 30.6 Å². The molecule has 31 heavy (non-hydrogen) atoms. The number of benzene rings is 1. The molecule has 3 heterocycles. The quantitative estimate of drug-likeness (QED) is 0.516. The summed E-state index contributed by atoms with van der Waals surface area (Å²) in [4.78, 5) is 21.5. The summed E-state index contributed by atoms with van der Waals surface area (Å²) in [5.74, 6) is 0.564. The highest BCUT2D eigenvalue weighted by Crippen LogP contribution is 2.34. The maximum Gasteiger partial charge on any atom is 0.274 e. The molecule has 4 aromatic rings. The first-order chi connectivity index (χ1) is 15.2. The molecule has 3 aromatic heterocycles. The highest BCUT2D eigenvalue weighted by Gasteiger charge is 2.23. The van der Waals surface area contributed by atoms with Gasteiger partial charge in [0.15, 0.2) is 5.82 Å². The van der Waals surface area contributed by atoms with Gasteiger partial charge in [-0.3, -0.25) is 14.8 Å². The number of aromatic nitrogens is 5. The molecule has 1 N–H and O–H groups in total. The Kier molecular flexibility index (Phi) is 5.00. The van der Waals surface area contributed by atoms with Gasteiger partial charge in [0, 0.05) is 40.9 Å². The first-order valence-electron chi connectivity index (χ1n) is 10.4. The lowest BCUT2D eigenvalue weighted by molar-refractivity contribution is 0.102. The Balaban J connectivity index is 1.38. The third kappa shape index (κ3) is 3.82. The van der Waals surface area contributed by atoms with Crippen molar-refractivity contribution in [2.45, 2.75) is 32.2 Å². The molecule has 0 saturated heterocycles. The Morgan fingerprint density at radius 2 is 1.94 bits per heavy atom. The van der Waals surface area contributed by atoms with E-state index in [1.165, 1.54) is 6.42 Å². The minimum atomic E-state index is -0.263. The van der Waals surface area contributed by atoms with Crippen molar-refractivity contribution in [1.29, 1.82) is 0 Å². The van der Waals surface area contributed by atoms with E-state index in [-0.39, 0.29) is 5.91 Å². The number of rotatable bonds is 5. The van der Waals surface area contributed by atoms with Gasteiger partial charge in [-0.1, -0.05) is 18.2 Å². The molecule has 0 radical (unpaired) electrons. The summed E-state index contributed by atoms with van der Waals surface area (Å²) in [5, 5.41) is 11.4. The number of nitrogens with one attached hydrogen (secondary N) is 1. The number of anilines is 1. The fourth-order valence-electron chi connectivity index (χ4n) is 3.82. The van der Waals surface area contributed by atoms with Gasteiger partial charge in [0.1, 0.15) is 12.0 Å². The third-order valence-electron chi connectivity index (χ3n) is 5.73. The summed E-state index contributed by atoms with van der Waals surface area (Å²) in [6.07, 6.45) is 8.74. The second kappa shape index (κ2) is 8.10. The van der Waals surface area contributed by atoms with Crippen LogP contribution in [0.4, 0.5) is 5.69 Å². The Morgan fingerprint density at radius 3 is 2.74 bits per heavy atom. The highest BCUT2D eigenvalue weighted by molar-refractivity contribution is 6.03. The van der Waals surface area contributed by atoms with E-state index in [2.05, 4.69) is 30.0 Å². The Hall–Kier alpha value is -3.87. The van der Waals surface area contributed by atoms with E-state index in [0.29, 0.717) is 17.4 Å². The van der Waals surface area contributed by atoms with E-state index in [1.807, 2.05) is 49.4 Å². The predicted octanol–water partition coefficient (Wildman–Crippen LogP) is 4.69. The number of hydrogen-bond donors (Lipinski definition) is 1. The lowest BCUT2D eigenvalue weighted by Gasteiger charge is -2.27. The van der Waals surface area contributed by atoms with Crippen LogP contribution >= 0.6 is 0 Å². The van der Waals surface area contributed by atoms with Gasteiger partial charge in [-0.05, 0) is 62.1 Å². The fraction of sp³-hybridized carbons (Fsp3) is 0.208. The fourth-order valence-corrected chi connectivity index (χ4v) is 3.82. The summed E-state index contributed by atoms with van der Waals surface area (Å²) < 4.78 is 2.13. The molecule has 154 valence electrons. The molecule has 0 atom stereocenters. The van der Waals surface area contributed by atoms with Crippen LogP contribution in [0, 0.1) is 6.92 Å². The molecule has 0 unspecified atom stereocenters. The zero-order valence-electron chi connectivity index (χ0n) is 17.2. The maximum atomic E-state index is 12.9. The number of aryl methyl sites for hydroxylation is 1. The van der Waals surface area contributed by atoms with Crippen LogP contribution in [0.5, 0.6) is 0 Å². The first-order valence-corrected chi connectivity index (χ1v) is 10.4. The van der Waals surface area contributed by atoms with Gasteiger partial charge in [-0.25, -0.2) is 0 Å². The van der Waals surface area contributed by atoms with Crippen LogP contribution in [0.1, 0.15) is 41.5 Å². The molecule has 1 amide bonds. The number of nitrogens with zero attached hydrogens (tertiary/aromatic N) is 5. The van der Waals surface area contributed by atoms with Crippen molar-refractivity contribution in [3.63, 3.8) is 0 Å². The average Bonchev–Trinajstić information content (AvgIpc) is 3.22. The average molecular weight is 410 g/mol. The van der Waals surface area contributed by atoms with E-state index < -0.39 is 0 Å². The van der Waals surface area contributed by atoms with Crippen LogP contribution in [0.2, 0.25) is 0 Å². The van der Waals surface area contributed by atoms with Gasteiger partial charge in [0.05, 0.1) is 0 Å². The second-order valence-corrected chi connectivity index (χ2v) is 7.75. The Morgan fingerprint density at radius 1 is 1.03 bits per heavy atom. The molecule has 0 bridgehead atoms. The van der Waals surface area contributed by atoms with E-state index in [4.69, 9.17) is 0 Å². The lowest BCUT2D eigenvalue weighted by Crippen LogP contribution is -2.17. The minimum absolute atomic E-state index is 0.263. The number of pyridine rings is 2. The molecular formula is C24H22N6O. The molecule has 7 nitrogen and oxygen atoms in total. The Bertz CT molecular complexity index is 1240. The van der Waals surface area contributed by atoms with Crippen molar-refractivity contribution in [3.8, 4) is 22.5 Å². The molecule has 1 aliphatic rings. The number of carbonyl (C=O) groups is 1. The number of amides is 1. The van der Waals surface area contributed by atoms with Crippen LogP contribution in [0.3, 0.4) is 0 Å². The molecule has 1 aliphatic carbocycles. The van der Waals surface area contributed by atoms with Gasteiger partial charge in [-0.15, -0.1) is 10.2 Å². The van der Waals surface area contributed by atoms with E-state index in [1.54, 1.807) is 24.8 Å². The molecule has 0 spiro atoms. The van der Waals surface area contributed by atoms with Gasteiger partial charge >= 0.3 is 0 Å². The normalized spacial score (nSPS) is 13.6. The zero-order valence-corrected chi connectivity index (χ0v) is 17.2. The highest BCUT2D eigenvalue weighted by atomic mass is 16.1. The SMILES string of the molecule is Cc1ncccc1-c1ccnc(C(=O)Nc2cccc(-c3nncn3C3CCC3)c2)c1. The van der Waals surface area contributed by atoms with E-state index in [9.17, 15) is 4.79 Å². The van der Waals surface area contributed by atoms with Crippen molar-refractivity contribution >= 4 is 11.6 Å². The summed E-state index contributed by atoms with van der Waals surface area (Å²) in [6.45, 7) is 1.95. The van der Waals surface area contributed by atoms with Gasteiger partial charge in [0.2, 0.25) is 0 Å². The summed E-state index contributed by atoms with van der Waals surface area (Å²) in [7, 11) is 0. The van der Waals surface area contributed by atoms with Gasteiger partial charge in [-0.2, -0.15) is 0 Å². The van der Waals surface area contributed by atoms with Crippen molar-refractivity contribution < 1.29 is 4.79 Å². The monoisotopic (exact) mass is 410 g/mol.